The van der Waals surface area contributed by atoms with Crippen LogP contribution < -0.4 is 0 Å². The molecule has 0 aromatic heterocycles. The van der Waals surface area contributed by atoms with Crippen molar-refractivity contribution in [3.05, 3.63) is 18.1 Å². The van der Waals surface area contributed by atoms with Gasteiger partial charge in [-0.25, -0.2) is 4.99 Å². The average Bonchev–Trinajstić information content (AvgIpc) is 2.29. The van der Waals surface area contributed by atoms with E-state index in [1.807, 2.05) is 6.08 Å². The Bertz CT molecular complexity index is 268. The molecule has 1 heterocycles. The van der Waals surface area contributed by atoms with E-state index in [4.69, 9.17) is 4.74 Å². The van der Waals surface area contributed by atoms with Crippen LogP contribution >= 0.6 is 0 Å². The maximum Gasteiger partial charge on any atom is 0.164 e. The summed E-state index contributed by atoms with van der Waals surface area (Å²) >= 11 is 0. The van der Waals surface area contributed by atoms with Gasteiger partial charge < -0.3 is 4.74 Å². The van der Waals surface area contributed by atoms with Crippen LogP contribution in [0.2, 0.25) is 0 Å². The lowest BCUT2D eigenvalue weighted by Crippen LogP contribution is -2.09. The van der Waals surface area contributed by atoms with E-state index in [0.29, 0.717) is 6.04 Å². The third-order valence-electron chi connectivity index (χ3n) is 2.79. The van der Waals surface area contributed by atoms with Gasteiger partial charge in [-0.15, -0.1) is 0 Å². The summed E-state index contributed by atoms with van der Waals surface area (Å²) in [5.74, 6) is 3.96. The lowest BCUT2D eigenvalue weighted by molar-refractivity contribution is 0.325. The van der Waals surface area contributed by atoms with Crippen molar-refractivity contribution < 1.29 is 4.74 Å². The van der Waals surface area contributed by atoms with Gasteiger partial charge in [-0.1, -0.05) is 19.3 Å². The summed E-state index contributed by atoms with van der Waals surface area (Å²) in [7, 11) is 0. The van der Waals surface area contributed by atoms with Gasteiger partial charge in [0.2, 0.25) is 0 Å². The number of allylic oxidation sites excluding steroid dienone is 2. The highest BCUT2D eigenvalue weighted by molar-refractivity contribution is 5.56. The Morgan fingerprint density at radius 3 is 2.86 bits per heavy atom. The highest BCUT2D eigenvalue weighted by atomic mass is 16.5. The Balaban J connectivity index is 1.93. The van der Waals surface area contributed by atoms with Gasteiger partial charge in [0.1, 0.15) is 0 Å². The van der Waals surface area contributed by atoms with Gasteiger partial charge in [0.05, 0.1) is 12.3 Å². The minimum atomic E-state index is 0.505. The molecule has 0 bridgehead atoms. The number of aliphatic imine (C=N–C) groups is 1. The summed E-state index contributed by atoms with van der Waals surface area (Å²) in [6.45, 7) is 0. The second kappa shape index (κ2) is 5.02. The molecular formula is C12H17NO. The fourth-order valence-corrected chi connectivity index (χ4v) is 1.93. The second-order valence-electron chi connectivity index (χ2n) is 3.98. The van der Waals surface area contributed by atoms with Crippen LogP contribution in [0.3, 0.4) is 0 Å². The quantitative estimate of drug-likeness (QED) is 0.583. The van der Waals surface area contributed by atoms with Crippen molar-refractivity contribution in [2.45, 2.75) is 51.0 Å². The van der Waals surface area contributed by atoms with Crippen molar-refractivity contribution in [3.63, 3.8) is 0 Å². The highest BCUT2D eigenvalue weighted by Gasteiger charge is 2.11. The van der Waals surface area contributed by atoms with E-state index in [0.717, 1.165) is 18.6 Å². The molecule has 0 radical (unpaired) electrons. The molecule has 0 N–H and O–H groups in total. The van der Waals surface area contributed by atoms with Crippen LogP contribution in [-0.2, 0) is 4.74 Å². The smallest absolute Gasteiger partial charge is 0.164 e. The Kier molecular flexibility index (Phi) is 3.42. The first-order chi connectivity index (χ1) is 6.95. The number of hydrogen-bond donors (Lipinski definition) is 0. The van der Waals surface area contributed by atoms with Crippen LogP contribution in [0.1, 0.15) is 44.9 Å². The summed E-state index contributed by atoms with van der Waals surface area (Å²) in [5, 5.41) is 0. The van der Waals surface area contributed by atoms with Gasteiger partial charge in [-0.2, -0.15) is 0 Å². The van der Waals surface area contributed by atoms with Crippen molar-refractivity contribution in [2.24, 2.45) is 4.99 Å². The Hall–Kier alpha value is -1.01. The standard InChI is InChI=1S/C12H17NO/c1-2-6-11(7-3-1)13-10-12-8-4-5-9-14-12/h5,9,11H,1-4,6-8H2. The Morgan fingerprint density at radius 2 is 2.14 bits per heavy atom. The molecule has 1 aliphatic heterocycles. The predicted molar refractivity (Wildman–Crippen MR) is 57.3 cm³/mol. The van der Waals surface area contributed by atoms with Crippen LogP contribution in [0.25, 0.3) is 0 Å². The molecule has 76 valence electrons. The summed E-state index contributed by atoms with van der Waals surface area (Å²) in [6.07, 6.45) is 12.3. The first-order valence-corrected chi connectivity index (χ1v) is 5.58. The fourth-order valence-electron chi connectivity index (χ4n) is 1.93. The van der Waals surface area contributed by atoms with Crippen molar-refractivity contribution >= 4 is 5.87 Å². The van der Waals surface area contributed by atoms with E-state index in [-0.39, 0.29) is 0 Å². The zero-order chi connectivity index (χ0) is 9.64. The molecule has 2 nitrogen and oxygen atoms in total. The first kappa shape index (κ1) is 9.54. The number of hydrogen-bond acceptors (Lipinski definition) is 2. The molecule has 0 aromatic carbocycles. The number of ether oxygens (including phenoxy) is 1. The molecule has 0 unspecified atom stereocenters. The molecular weight excluding hydrogens is 174 g/mol. The second-order valence-corrected chi connectivity index (χ2v) is 3.98. The van der Waals surface area contributed by atoms with Gasteiger partial charge in [0, 0.05) is 12.3 Å². The molecule has 1 fully saturated rings. The summed E-state index contributed by atoms with van der Waals surface area (Å²) < 4.78 is 5.30. The molecule has 14 heavy (non-hydrogen) atoms. The molecule has 2 aliphatic rings. The van der Waals surface area contributed by atoms with Gasteiger partial charge in [0.25, 0.3) is 0 Å². The monoisotopic (exact) mass is 191 g/mol. The van der Waals surface area contributed by atoms with Gasteiger partial charge in [-0.3, -0.25) is 0 Å². The van der Waals surface area contributed by atoms with E-state index in [1.165, 1.54) is 32.1 Å². The van der Waals surface area contributed by atoms with Gasteiger partial charge in [-0.05, 0) is 25.3 Å². The van der Waals surface area contributed by atoms with Crippen molar-refractivity contribution in [3.8, 4) is 0 Å². The maximum absolute atomic E-state index is 5.30. The fraction of sp³-hybridized carbons (Fsp3) is 0.667. The predicted octanol–water partition coefficient (Wildman–Crippen LogP) is 3.20. The van der Waals surface area contributed by atoms with Crippen molar-refractivity contribution in [1.82, 2.24) is 0 Å². The molecule has 0 amide bonds. The minimum Gasteiger partial charge on any atom is -0.460 e. The highest BCUT2D eigenvalue weighted by Crippen LogP contribution is 2.20. The van der Waals surface area contributed by atoms with Crippen molar-refractivity contribution in [2.75, 3.05) is 0 Å². The largest absolute Gasteiger partial charge is 0.460 e. The third kappa shape index (κ3) is 2.74. The summed E-state index contributed by atoms with van der Waals surface area (Å²) in [4.78, 5) is 4.46. The third-order valence-corrected chi connectivity index (χ3v) is 2.79. The zero-order valence-corrected chi connectivity index (χ0v) is 8.54. The summed E-state index contributed by atoms with van der Waals surface area (Å²) in [5.41, 5.74) is 0. The Labute approximate surface area is 85.4 Å². The molecule has 1 saturated carbocycles. The van der Waals surface area contributed by atoms with Crippen LogP contribution in [0, 0.1) is 0 Å². The van der Waals surface area contributed by atoms with Crippen LogP contribution in [0.5, 0.6) is 0 Å². The van der Waals surface area contributed by atoms with E-state index in [1.54, 1.807) is 6.26 Å². The number of nitrogens with zero attached hydrogens (tertiary/aromatic N) is 1. The lowest BCUT2D eigenvalue weighted by atomic mass is 9.96. The van der Waals surface area contributed by atoms with E-state index < -0.39 is 0 Å². The molecule has 2 heteroatoms. The molecule has 0 saturated heterocycles. The van der Waals surface area contributed by atoms with E-state index in [2.05, 4.69) is 10.9 Å². The van der Waals surface area contributed by atoms with Crippen LogP contribution in [0.4, 0.5) is 0 Å². The topological polar surface area (TPSA) is 21.6 Å². The molecule has 1 aliphatic carbocycles. The van der Waals surface area contributed by atoms with Crippen molar-refractivity contribution in [1.29, 1.82) is 0 Å². The molecule has 0 atom stereocenters. The van der Waals surface area contributed by atoms with E-state index in [9.17, 15) is 0 Å². The van der Waals surface area contributed by atoms with Crippen LogP contribution in [-0.4, -0.2) is 11.9 Å². The lowest BCUT2D eigenvalue weighted by Gasteiger charge is -2.16. The van der Waals surface area contributed by atoms with Crippen LogP contribution in [0.15, 0.2) is 23.1 Å². The average molecular weight is 191 g/mol. The zero-order valence-electron chi connectivity index (χ0n) is 8.54. The molecule has 2 rings (SSSR count). The Morgan fingerprint density at radius 1 is 1.29 bits per heavy atom. The first-order valence-electron chi connectivity index (χ1n) is 5.58. The molecule has 0 spiro atoms. The number of rotatable bonds is 1. The molecule has 0 aromatic rings. The maximum atomic E-state index is 5.30. The van der Waals surface area contributed by atoms with E-state index >= 15 is 0 Å². The normalized spacial score (nSPS) is 22.7. The SMILES string of the molecule is C(=NC1CCCCC1)=C1CCC=CO1. The van der Waals surface area contributed by atoms with Gasteiger partial charge in [0.15, 0.2) is 5.76 Å². The van der Waals surface area contributed by atoms with Gasteiger partial charge >= 0.3 is 0 Å². The minimum absolute atomic E-state index is 0.505. The summed E-state index contributed by atoms with van der Waals surface area (Å²) in [6, 6.07) is 0.505.